The van der Waals surface area contributed by atoms with E-state index >= 15 is 0 Å². The van der Waals surface area contributed by atoms with E-state index < -0.39 is 11.6 Å². The van der Waals surface area contributed by atoms with Gasteiger partial charge < -0.3 is 5.32 Å². The number of halogens is 2. The van der Waals surface area contributed by atoms with Gasteiger partial charge in [0.15, 0.2) is 11.6 Å². The van der Waals surface area contributed by atoms with E-state index in [9.17, 15) is 13.6 Å². The van der Waals surface area contributed by atoms with Crippen LogP contribution in [0.15, 0.2) is 72.8 Å². The van der Waals surface area contributed by atoms with E-state index in [1.54, 1.807) is 0 Å². The van der Waals surface area contributed by atoms with Gasteiger partial charge in [0.2, 0.25) is 0 Å². The number of carbonyl (C=O) groups excluding carboxylic acids is 1. The normalized spacial score (nSPS) is 14.6. The number of carbonyl (C=O) groups is 1. The summed E-state index contributed by atoms with van der Waals surface area (Å²) in [5.74, 6) is -2.31. The molecular formula is C27H23F2N3O. The van der Waals surface area contributed by atoms with Gasteiger partial charge >= 0.3 is 0 Å². The quantitative estimate of drug-likeness (QED) is 0.428. The van der Waals surface area contributed by atoms with Crippen molar-refractivity contribution >= 4 is 22.5 Å². The van der Waals surface area contributed by atoms with Gasteiger partial charge in [0.1, 0.15) is 0 Å². The molecule has 1 aromatic heterocycles. The highest BCUT2D eigenvalue weighted by atomic mass is 19.2. The van der Waals surface area contributed by atoms with Gasteiger partial charge in [-0.05, 0) is 30.7 Å². The summed E-state index contributed by atoms with van der Waals surface area (Å²) in [5, 5.41) is 3.49. The van der Waals surface area contributed by atoms with Crippen LogP contribution in [0.4, 0.5) is 14.5 Å². The molecule has 0 aliphatic carbocycles. The van der Waals surface area contributed by atoms with E-state index in [1.165, 1.54) is 11.6 Å². The molecule has 5 rings (SSSR count). The third-order valence-electron chi connectivity index (χ3n) is 6.31. The Morgan fingerprint density at radius 3 is 2.55 bits per heavy atom. The molecule has 0 saturated carbocycles. The largest absolute Gasteiger partial charge is 0.322 e. The number of nitrogens with one attached hydrogen (secondary N) is 1. The molecule has 33 heavy (non-hydrogen) atoms. The average molecular weight is 443 g/mol. The van der Waals surface area contributed by atoms with Gasteiger partial charge in [0, 0.05) is 53.9 Å². The van der Waals surface area contributed by atoms with Gasteiger partial charge in [-0.3, -0.25) is 14.7 Å². The molecule has 0 spiro atoms. The molecule has 1 amide bonds. The maximum atomic E-state index is 13.7. The zero-order chi connectivity index (χ0) is 22.9. The van der Waals surface area contributed by atoms with Crippen molar-refractivity contribution in [2.45, 2.75) is 25.9 Å². The third-order valence-corrected chi connectivity index (χ3v) is 6.31. The highest BCUT2D eigenvalue weighted by Crippen LogP contribution is 2.32. The van der Waals surface area contributed by atoms with Crippen LogP contribution in [0.1, 0.15) is 40.1 Å². The molecule has 1 aliphatic rings. The predicted molar refractivity (Wildman–Crippen MR) is 125 cm³/mol. The maximum Gasteiger partial charge on any atom is 0.256 e. The number of hydrogen-bond donors (Lipinski definition) is 1. The van der Waals surface area contributed by atoms with Crippen molar-refractivity contribution in [1.29, 1.82) is 0 Å². The number of anilines is 1. The van der Waals surface area contributed by atoms with Crippen LogP contribution in [0.5, 0.6) is 0 Å². The standard InChI is InChI=1S/C27H23F2N3O/c1-17(18-7-3-2-4-8-18)32-14-13-25-21(16-32)26(20-9-5-6-10-24(20)31-25)27(33)30-19-11-12-22(28)23(29)15-19/h2-12,15,17H,13-14,16H2,1H3,(H,30,33)/t17-/m0/s1. The Balaban J connectivity index is 1.55. The van der Waals surface area contributed by atoms with Gasteiger partial charge in [-0.2, -0.15) is 0 Å². The summed E-state index contributed by atoms with van der Waals surface area (Å²) in [4.78, 5) is 20.6. The second kappa shape index (κ2) is 8.71. The lowest BCUT2D eigenvalue weighted by molar-refractivity contribution is 0.102. The Morgan fingerprint density at radius 2 is 1.76 bits per heavy atom. The number of amides is 1. The second-order valence-corrected chi connectivity index (χ2v) is 8.32. The molecular weight excluding hydrogens is 420 g/mol. The fourth-order valence-corrected chi connectivity index (χ4v) is 4.51. The topological polar surface area (TPSA) is 45.2 Å². The van der Waals surface area contributed by atoms with Gasteiger partial charge in [-0.1, -0.05) is 48.5 Å². The predicted octanol–water partition coefficient (Wildman–Crippen LogP) is 5.88. The average Bonchev–Trinajstić information content (AvgIpc) is 2.84. The molecule has 1 atom stereocenters. The highest BCUT2D eigenvalue weighted by Gasteiger charge is 2.28. The van der Waals surface area contributed by atoms with Crippen LogP contribution in [-0.2, 0) is 13.0 Å². The Bertz CT molecular complexity index is 1340. The molecule has 0 radical (unpaired) electrons. The molecule has 166 valence electrons. The minimum atomic E-state index is -1.00. The molecule has 6 heteroatoms. The number of hydrogen-bond acceptors (Lipinski definition) is 3. The van der Waals surface area contributed by atoms with Crippen molar-refractivity contribution in [1.82, 2.24) is 9.88 Å². The van der Waals surface area contributed by atoms with Crippen molar-refractivity contribution in [3.63, 3.8) is 0 Å². The van der Waals surface area contributed by atoms with Gasteiger partial charge in [-0.15, -0.1) is 0 Å². The fraction of sp³-hybridized carbons (Fsp3) is 0.185. The van der Waals surface area contributed by atoms with Gasteiger partial charge in [0.25, 0.3) is 5.91 Å². The minimum Gasteiger partial charge on any atom is -0.322 e. The van der Waals surface area contributed by atoms with Crippen molar-refractivity contribution in [3.8, 4) is 0 Å². The Kier molecular flexibility index (Phi) is 5.60. The molecule has 0 bridgehead atoms. The molecule has 0 fully saturated rings. The van der Waals surface area contributed by atoms with Crippen LogP contribution in [0.2, 0.25) is 0 Å². The van der Waals surface area contributed by atoms with E-state index in [4.69, 9.17) is 4.98 Å². The van der Waals surface area contributed by atoms with E-state index in [0.29, 0.717) is 12.1 Å². The summed E-state index contributed by atoms with van der Waals surface area (Å²) < 4.78 is 27.1. The Hall–Kier alpha value is -3.64. The number of benzene rings is 3. The van der Waals surface area contributed by atoms with E-state index in [-0.39, 0.29) is 17.6 Å². The van der Waals surface area contributed by atoms with Crippen molar-refractivity contribution in [2.75, 3.05) is 11.9 Å². The van der Waals surface area contributed by atoms with Gasteiger partial charge in [-0.25, -0.2) is 8.78 Å². The summed E-state index contributed by atoms with van der Waals surface area (Å²) in [5.41, 5.74) is 4.48. The highest BCUT2D eigenvalue weighted by molar-refractivity contribution is 6.13. The number of para-hydroxylation sites is 1. The SMILES string of the molecule is C[C@@H](c1ccccc1)N1CCc2nc3ccccc3c(C(=O)Nc3ccc(F)c(F)c3)c2C1. The summed E-state index contributed by atoms with van der Waals surface area (Å²) in [6.45, 7) is 3.57. The monoisotopic (exact) mass is 443 g/mol. The molecule has 0 unspecified atom stereocenters. The Labute approximate surface area is 190 Å². The number of rotatable bonds is 4. The van der Waals surface area contributed by atoms with Crippen LogP contribution in [0, 0.1) is 11.6 Å². The molecule has 1 aliphatic heterocycles. The first-order valence-corrected chi connectivity index (χ1v) is 11.0. The zero-order valence-electron chi connectivity index (χ0n) is 18.2. The summed E-state index contributed by atoms with van der Waals surface area (Å²) >= 11 is 0. The van der Waals surface area contributed by atoms with Crippen LogP contribution < -0.4 is 5.32 Å². The van der Waals surface area contributed by atoms with E-state index in [1.807, 2.05) is 42.5 Å². The number of aromatic nitrogens is 1. The summed E-state index contributed by atoms with van der Waals surface area (Å²) in [6, 6.07) is 21.3. The van der Waals surface area contributed by atoms with Crippen LogP contribution in [-0.4, -0.2) is 22.3 Å². The summed E-state index contributed by atoms with van der Waals surface area (Å²) in [7, 11) is 0. The number of nitrogens with zero attached hydrogens (tertiary/aromatic N) is 2. The van der Waals surface area contributed by atoms with Crippen molar-refractivity contribution < 1.29 is 13.6 Å². The number of fused-ring (bicyclic) bond motifs is 2. The molecule has 4 aromatic rings. The van der Waals surface area contributed by atoms with E-state index in [2.05, 4.69) is 29.3 Å². The zero-order valence-corrected chi connectivity index (χ0v) is 18.2. The lowest BCUT2D eigenvalue weighted by Gasteiger charge is -2.34. The summed E-state index contributed by atoms with van der Waals surface area (Å²) in [6.07, 6.45) is 0.725. The molecule has 4 nitrogen and oxygen atoms in total. The lowest BCUT2D eigenvalue weighted by atomic mass is 9.93. The molecule has 2 heterocycles. The first-order chi connectivity index (χ1) is 16.0. The fourth-order valence-electron chi connectivity index (χ4n) is 4.51. The van der Waals surface area contributed by atoms with E-state index in [0.717, 1.165) is 47.3 Å². The second-order valence-electron chi connectivity index (χ2n) is 8.32. The van der Waals surface area contributed by atoms with Gasteiger partial charge in [0.05, 0.1) is 11.1 Å². The van der Waals surface area contributed by atoms with Crippen molar-refractivity contribution in [3.05, 3.63) is 107 Å². The lowest BCUT2D eigenvalue weighted by Crippen LogP contribution is -2.35. The van der Waals surface area contributed by atoms with Crippen molar-refractivity contribution in [2.24, 2.45) is 0 Å². The first kappa shape index (κ1) is 21.2. The smallest absolute Gasteiger partial charge is 0.256 e. The number of pyridine rings is 1. The third kappa shape index (κ3) is 4.10. The molecule has 1 N–H and O–H groups in total. The maximum absolute atomic E-state index is 13.7. The Morgan fingerprint density at radius 1 is 1.00 bits per heavy atom. The van der Waals surface area contributed by atoms with Crippen LogP contribution in [0.25, 0.3) is 10.9 Å². The first-order valence-electron chi connectivity index (χ1n) is 11.0. The van der Waals surface area contributed by atoms with Crippen LogP contribution >= 0.6 is 0 Å². The molecule has 3 aromatic carbocycles. The molecule has 0 saturated heterocycles. The minimum absolute atomic E-state index is 0.174. The van der Waals surface area contributed by atoms with Crippen LogP contribution in [0.3, 0.4) is 0 Å².